The quantitative estimate of drug-likeness (QED) is 0.817. The van der Waals surface area contributed by atoms with Gasteiger partial charge in [0.25, 0.3) is 0 Å². The first-order valence-corrected chi connectivity index (χ1v) is 9.03. The highest BCUT2D eigenvalue weighted by molar-refractivity contribution is 7.85. The fourth-order valence-corrected chi connectivity index (χ4v) is 4.43. The van der Waals surface area contributed by atoms with E-state index in [0.717, 1.165) is 53.6 Å². The van der Waals surface area contributed by atoms with Crippen molar-refractivity contribution in [1.29, 1.82) is 0 Å². The maximum absolute atomic E-state index is 11.6. The molecule has 1 fully saturated rings. The molecule has 3 heterocycles. The predicted octanol–water partition coefficient (Wildman–Crippen LogP) is 2.38. The molecule has 0 saturated carbocycles. The largest absolute Gasteiger partial charge is 0.309 e. The van der Waals surface area contributed by atoms with Crippen molar-refractivity contribution in [1.82, 2.24) is 19.3 Å². The Hall–Kier alpha value is -0.880. The van der Waals surface area contributed by atoms with E-state index in [9.17, 15) is 4.21 Å². The van der Waals surface area contributed by atoms with Crippen LogP contribution in [0.25, 0.3) is 11.2 Å². The van der Waals surface area contributed by atoms with Gasteiger partial charge in [-0.1, -0.05) is 0 Å². The highest BCUT2D eigenvalue weighted by atomic mass is 35.5. The summed E-state index contributed by atoms with van der Waals surface area (Å²) in [6.07, 6.45) is 1.85. The van der Waals surface area contributed by atoms with Crippen molar-refractivity contribution in [2.24, 2.45) is 0 Å². The Kier molecular flexibility index (Phi) is 3.86. The highest BCUT2D eigenvalue weighted by Crippen LogP contribution is 2.30. The Morgan fingerprint density at radius 1 is 1.40 bits per heavy atom. The molecule has 0 radical (unpaired) electrons. The van der Waals surface area contributed by atoms with E-state index in [1.807, 2.05) is 11.6 Å². The van der Waals surface area contributed by atoms with Crippen LogP contribution in [0.5, 0.6) is 0 Å². The van der Waals surface area contributed by atoms with Gasteiger partial charge in [0.2, 0.25) is 0 Å². The molecule has 0 spiro atoms. The van der Waals surface area contributed by atoms with Crippen LogP contribution in [0, 0.1) is 6.92 Å². The summed E-state index contributed by atoms with van der Waals surface area (Å²) in [6.45, 7) is 4.88. The SMILES string of the molecule is CCn1nc(C)c2nc(CCl)n(C3CCS(=O)CC3)c21. The Labute approximate surface area is 125 Å². The monoisotopic (exact) mass is 314 g/mol. The van der Waals surface area contributed by atoms with Gasteiger partial charge in [0, 0.05) is 34.9 Å². The number of alkyl halides is 1. The molecular weight excluding hydrogens is 296 g/mol. The van der Waals surface area contributed by atoms with E-state index in [4.69, 9.17) is 11.6 Å². The van der Waals surface area contributed by atoms with Gasteiger partial charge in [0.05, 0.1) is 11.6 Å². The molecule has 20 heavy (non-hydrogen) atoms. The molecule has 1 aliphatic rings. The summed E-state index contributed by atoms with van der Waals surface area (Å²) < 4.78 is 15.8. The predicted molar refractivity (Wildman–Crippen MR) is 81.6 cm³/mol. The summed E-state index contributed by atoms with van der Waals surface area (Å²) >= 11 is 6.08. The lowest BCUT2D eigenvalue weighted by Gasteiger charge is -2.25. The number of hydrogen-bond acceptors (Lipinski definition) is 3. The molecule has 0 atom stereocenters. The Morgan fingerprint density at radius 2 is 2.10 bits per heavy atom. The van der Waals surface area contributed by atoms with Gasteiger partial charge in [-0.05, 0) is 26.7 Å². The number of rotatable bonds is 3. The summed E-state index contributed by atoms with van der Waals surface area (Å²) in [5, 5.41) is 4.54. The summed E-state index contributed by atoms with van der Waals surface area (Å²) in [4.78, 5) is 4.67. The molecule has 1 saturated heterocycles. The molecule has 0 amide bonds. The first-order chi connectivity index (χ1) is 9.65. The Bertz CT molecular complexity index is 653. The fourth-order valence-electron chi connectivity index (χ4n) is 2.97. The standard InChI is InChI=1S/C13H19ClN4OS/c1-3-17-13-12(9(2)16-17)15-11(8-14)18(13)10-4-6-20(19)7-5-10/h10H,3-8H2,1-2H3. The first kappa shape index (κ1) is 14.1. The summed E-state index contributed by atoms with van der Waals surface area (Å²) in [5.41, 5.74) is 2.97. The van der Waals surface area contributed by atoms with Crippen molar-refractivity contribution < 1.29 is 4.21 Å². The molecule has 0 aromatic carbocycles. The van der Waals surface area contributed by atoms with Gasteiger partial charge in [-0.25, -0.2) is 9.67 Å². The lowest BCUT2D eigenvalue weighted by Crippen LogP contribution is -2.23. The molecule has 0 aliphatic carbocycles. The molecule has 110 valence electrons. The molecule has 3 rings (SSSR count). The summed E-state index contributed by atoms with van der Waals surface area (Å²) in [6, 6.07) is 0.341. The van der Waals surface area contributed by atoms with E-state index in [-0.39, 0.29) is 0 Å². The van der Waals surface area contributed by atoms with Crippen LogP contribution in [0.1, 0.15) is 37.3 Å². The van der Waals surface area contributed by atoms with E-state index in [1.54, 1.807) is 0 Å². The fraction of sp³-hybridized carbons (Fsp3) is 0.692. The van der Waals surface area contributed by atoms with Crippen LogP contribution < -0.4 is 0 Å². The average Bonchev–Trinajstić information content (AvgIpc) is 2.97. The zero-order chi connectivity index (χ0) is 14.3. The third-order valence-electron chi connectivity index (χ3n) is 3.96. The number of aryl methyl sites for hydroxylation is 2. The second kappa shape index (κ2) is 5.48. The lowest BCUT2D eigenvalue weighted by molar-refractivity contribution is 0.452. The zero-order valence-corrected chi connectivity index (χ0v) is 13.4. The van der Waals surface area contributed by atoms with Crippen LogP contribution in [-0.2, 0) is 23.2 Å². The number of halogens is 1. The minimum atomic E-state index is -0.656. The van der Waals surface area contributed by atoms with Crippen molar-refractivity contribution in [3.63, 3.8) is 0 Å². The highest BCUT2D eigenvalue weighted by Gasteiger charge is 2.26. The topological polar surface area (TPSA) is 52.7 Å². The lowest BCUT2D eigenvalue weighted by atomic mass is 10.1. The van der Waals surface area contributed by atoms with Gasteiger partial charge in [-0.15, -0.1) is 11.6 Å². The number of fused-ring (bicyclic) bond motifs is 1. The smallest absolute Gasteiger partial charge is 0.159 e. The summed E-state index contributed by atoms with van der Waals surface area (Å²) in [5.74, 6) is 2.84. The van der Waals surface area contributed by atoms with Gasteiger partial charge >= 0.3 is 0 Å². The third kappa shape index (κ3) is 2.19. The molecule has 1 aliphatic heterocycles. The van der Waals surface area contributed by atoms with Crippen molar-refractivity contribution in [2.45, 2.75) is 45.2 Å². The number of aromatic nitrogens is 4. The molecule has 2 aromatic rings. The molecule has 2 aromatic heterocycles. The van der Waals surface area contributed by atoms with E-state index < -0.39 is 10.8 Å². The molecule has 5 nitrogen and oxygen atoms in total. The summed E-state index contributed by atoms with van der Waals surface area (Å²) in [7, 11) is -0.656. The van der Waals surface area contributed by atoms with Gasteiger partial charge in [0.15, 0.2) is 5.65 Å². The first-order valence-electron chi connectivity index (χ1n) is 7.00. The van der Waals surface area contributed by atoms with Crippen LogP contribution >= 0.6 is 11.6 Å². The van der Waals surface area contributed by atoms with Crippen molar-refractivity contribution in [2.75, 3.05) is 11.5 Å². The molecule has 0 N–H and O–H groups in total. The minimum Gasteiger partial charge on any atom is -0.309 e. The number of nitrogens with zero attached hydrogens (tertiary/aromatic N) is 4. The molecular formula is C13H19ClN4OS. The van der Waals surface area contributed by atoms with Crippen molar-refractivity contribution in [3.05, 3.63) is 11.5 Å². The van der Waals surface area contributed by atoms with E-state index >= 15 is 0 Å². The number of imidazole rings is 1. The molecule has 0 bridgehead atoms. The number of hydrogen-bond donors (Lipinski definition) is 0. The van der Waals surface area contributed by atoms with Crippen molar-refractivity contribution in [3.8, 4) is 0 Å². The van der Waals surface area contributed by atoms with E-state index in [0.29, 0.717) is 11.9 Å². The third-order valence-corrected chi connectivity index (χ3v) is 5.58. The second-order valence-corrected chi connectivity index (χ2v) is 7.15. The van der Waals surface area contributed by atoms with Crippen LogP contribution in [0.3, 0.4) is 0 Å². The molecule has 7 heteroatoms. The van der Waals surface area contributed by atoms with Crippen LogP contribution in [0.4, 0.5) is 0 Å². The van der Waals surface area contributed by atoms with Crippen LogP contribution in [-0.4, -0.2) is 35.0 Å². The molecule has 0 unspecified atom stereocenters. The maximum atomic E-state index is 11.6. The van der Waals surface area contributed by atoms with E-state index in [1.165, 1.54) is 0 Å². The maximum Gasteiger partial charge on any atom is 0.159 e. The van der Waals surface area contributed by atoms with Crippen LogP contribution in [0.2, 0.25) is 0 Å². The second-order valence-electron chi connectivity index (χ2n) is 5.18. The Morgan fingerprint density at radius 3 is 2.70 bits per heavy atom. The van der Waals surface area contributed by atoms with Crippen molar-refractivity contribution >= 4 is 33.6 Å². The van der Waals surface area contributed by atoms with Gasteiger partial charge in [0.1, 0.15) is 11.3 Å². The van der Waals surface area contributed by atoms with Gasteiger partial charge < -0.3 is 4.57 Å². The zero-order valence-electron chi connectivity index (χ0n) is 11.8. The minimum absolute atomic E-state index is 0.341. The normalized spacial score (nSPS) is 23.6. The average molecular weight is 315 g/mol. The van der Waals surface area contributed by atoms with E-state index in [2.05, 4.69) is 21.6 Å². The van der Waals surface area contributed by atoms with Gasteiger partial charge in [-0.3, -0.25) is 4.21 Å². The Balaban J connectivity index is 2.14. The van der Waals surface area contributed by atoms with Gasteiger partial charge in [-0.2, -0.15) is 5.10 Å². The van der Waals surface area contributed by atoms with Crippen LogP contribution in [0.15, 0.2) is 0 Å².